The highest BCUT2D eigenvalue weighted by molar-refractivity contribution is 5.23. The molecule has 2 N–H and O–H groups in total. The zero-order valence-corrected chi connectivity index (χ0v) is 11.7. The van der Waals surface area contributed by atoms with E-state index in [1.165, 1.54) is 31.7 Å². The molecule has 1 aromatic carbocycles. The summed E-state index contributed by atoms with van der Waals surface area (Å²) in [6.45, 7) is 2.37. The molecule has 2 fully saturated rings. The Morgan fingerprint density at radius 1 is 1.10 bits per heavy atom. The molecule has 20 heavy (non-hydrogen) atoms. The van der Waals surface area contributed by atoms with Crippen molar-refractivity contribution in [2.75, 3.05) is 19.6 Å². The van der Waals surface area contributed by atoms with Crippen molar-refractivity contribution in [3.05, 3.63) is 35.4 Å². The van der Waals surface area contributed by atoms with Crippen LogP contribution in [-0.2, 0) is 0 Å². The van der Waals surface area contributed by atoms with Gasteiger partial charge < -0.3 is 5.73 Å². The van der Waals surface area contributed by atoms with Crippen molar-refractivity contribution in [1.82, 2.24) is 4.90 Å². The maximum atomic E-state index is 14.0. The van der Waals surface area contributed by atoms with E-state index in [-0.39, 0.29) is 6.04 Å². The Balaban J connectivity index is 1.79. The summed E-state index contributed by atoms with van der Waals surface area (Å²) in [5.74, 6) is 0.479. The van der Waals surface area contributed by atoms with E-state index in [0.29, 0.717) is 12.1 Å². The summed E-state index contributed by atoms with van der Waals surface area (Å²) in [6.07, 6.45) is 5.07. The van der Waals surface area contributed by atoms with E-state index in [4.69, 9.17) is 5.73 Å². The number of hydrogen-bond acceptors (Lipinski definition) is 2. The van der Waals surface area contributed by atoms with Gasteiger partial charge in [-0.25, -0.2) is 8.78 Å². The Labute approximate surface area is 118 Å². The molecule has 0 aliphatic heterocycles. The van der Waals surface area contributed by atoms with Crippen LogP contribution in [0.15, 0.2) is 18.2 Å². The minimum absolute atomic E-state index is 0.128. The van der Waals surface area contributed by atoms with Crippen molar-refractivity contribution < 1.29 is 8.78 Å². The smallest absolute Gasteiger partial charge is 0.130 e. The van der Waals surface area contributed by atoms with Crippen LogP contribution < -0.4 is 5.73 Å². The first kappa shape index (κ1) is 14.0. The van der Waals surface area contributed by atoms with Crippen molar-refractivity contribution in [3.63, 3.8) is 0 Å². The summed E-state index contributed by atoms with van der Waals surface area (Å²) < 4.78 is 27.1. The first-order chi connectivity index (χ1) is 9.67. The summed E-state index contributed by atoms with van der Waals surface area (Å²) in [7, 11) is 0. The minimum atomic E-state index is -0.530. The number of benzene rings is 1. The van der Waals surface area contributed by atoms with Gasteiger partial charge in [0, 0.05) is 37.3 Å². The molecule has 2 saturated carbocycles. The van der Waals surface area contributed by atoms with E-state index in [2.05, 4.69) is 4.90 Å². The fraction of sp³-hybridized carbons (Fsp3) is 0.625. The van der Waals surface area contributed by atoms with Gasteiger partial charge in [0.1, 0.15) is 11.6 Å². The first-order valence-electron chi connectivity index (χ1n) is 7.56. The van der Waals surface area contributed by atoms with E-state index >= 15 is 0 Å². The summed E-state index contributed by atoms with van der Waals surface area (Å²) in [6, 6.07) is 3.71. The predicted octanol–water partition coefficient (Wildman–Crippen LogP) is 3.09. The molecule has 0 saturated heterocycles. The van der Waals surface area contributed by atoms with Crippen molar-refractivity contribution in [2.45, 2.75) is 31.7 Å². The average molecular weight is 280 g/mol. The van der Waals surface area contributed by atoms with Crippen LogP contribution in [0.5, 0.6) is 0 Å². The van der Waals surface area contributed by atoms with Crippen LogP contribution in [0, 0.1) is 23.5 Å². The molecule has 2 aliphatic carbocycles. The molecule has 0 heterocycles. The molecule has 3 rings (SSSR count). The Morgan fingerprint density at radius 2 is 1.70 bits per heavy atom. The van der Waals surface area contributed by atoms with Crippen molar-refractivity contribution in [1.29, 1.82) is 0 Å². The topological polar surface area (TPSA) is 29.3 Å². The van der Waals surface area contributed by atoms with Gasteiger partial charge >= 0.3 is 0 Å². The maximum Gasteiger partial charge on any atom is 0.130 e. The molecule has 0 radical (unpaired) electrons. The highest BCUT2D eigenvalue weighted by Crippen LogP contribution is 2.37. The summed E-state index contributed by atoms with van der Waals surface area (Å²) in [4.78, 5) is 2.33. The molecular weight excluding hydrogens is 258 g/mol. The van der Waals surface area contributed by atoms with Crippen LogP contribution in [0.2, 0.25) is 0 Å². The lowest BCUT2D eigenvalue weighted by atomic mass is 10.0. The molecule has 110 valence electrons. The summed E-state index contributed by atoms with van der Waals surface area (Å²) in [5, 5.41) is 0. The van der Waals surface area contributed by atoms with Gasteiger partial charge in [-0.1, -0.05) is 6.07 Å². The largest absolute Gasteiger partial charge is 0.329 e. The molecule has 0 bridgehead atoms. The quantitative estimate of drug-likeness (QED) is 0.831. The molecule has 0 amide bonds. The van der Waals surface area contributed by atoms with Crippen LogP contribution in [0.4, 0.5) is 8.78 Å². The molecule has 2 aliphatic rings. The van der Waals surface area contributed by atoms with Crippen LogP contribution in [0.25, 0.3) is 0 Å². The van der Waals surface area contributed by atoms with Gasteiger partial charge in [-0.3, -0.25) is 4.90 Å². The highest BCUT2D eigenvalue weighted by atomic mass is 19.1. The Hall–Kier alpha value is -1.00. The molecular formula is C16H22F2N2. The van der Waals surface area contributed by atoms with E-state index in [9.17, 15) is 8.78 Å². The third kappa shape index (κ3) is 3.36. The molecule has 1 aromatic rings. The number of nitrogens with zero attached hydrogens (tertiary/aromatic N) is 1. The van der Waals surface area contributed by atoms with Gasteiger partial charge in [0.05, 0.1) is 0 Å². The van der Waals surface area contributed by atoms with Gasteiger partial charge in [-0.05, 0) is 43.6 Å². The number of hydrogen-bond donors (Lipinski definition) is 1. The van der Waals surface area contributed by atoms with E-state index in [1.54, 1.807) is 6.07 Å². The van der Waals surface area contributed by atoms with Gasteiger partial charge in [0.15, 0.2) is 0 Å². The van der Waals surface area contributed by atoms with Crippen LogP contribution in [-0.4, -0.2) is 24.5 Å². The lowest BCUT2D eigenvalue weighted by Crippen LogP contribution is -2.37. The second-order valence-electron chi connectivity index (χ2n) is 6.26. The van der Waals surface area contributed by atoms with Crippen molar-refractivity contribution >= 4 is 0 Å². The third-order valence-corrected chi connectivity index (χ3v) is 4.36. The minimum Gasteiger partial charge on any atom is -0.329 e. The zero-order valence-electron chi connectivity index (χ0n) is 11.7. The third-order valence-electron chi connectivity index (χ3n) is 4.36. The Bertz CT molecular complexity index is 456. The normalized spacial score (nSPS) is 20.4. The molecule has 0 spiro atoms. The Morgan fingerprint density at radius 3 is 2.15 bits per heavy atom. The van der Waals surface area contributed by atoms with Gasteiger partial charge in [0.25, 0.3) is 0 Å². The molecule has 0 aromatic heterocycles. The van der Waals surface area contributed by atoms with Crippen molar-refractivity contribution in [3.8, 4) is 0 Å². The standard InChI is InChI=1S/C16H22F2N2/c17-13-5-6-14(15(18)7-13)16(8-19)20(9-11-1-2-11)10-12-3-4-12/h5-7,11-12,16H,1-4,8-10,19H2. The molecule has 2 nitrogen and oxygen atoms in total. The van der Waals surface area contributed by atoms with Crippen molar-refractivity contribution in [2.24, 2.45) is 17.6 Å². The second-order valence-corrected chi connectivity index (χ2v) is 6.26. The van der Waals surface area contributed by atoms with E-state index in [1.807, 2.05) is 0 Å². The summed E-state index contributed by atoms with van der Waals surface area (Å²) >= 11 is 0. The zero-order chi connectivity index (χ0) is 14.1. The number of nitrogens with two attached hydrogens (primary N) is 1. The Kier molecular flexibility index (Phi) is 4.03. The number of halogens is 2. The summed E-state index contributed by atoms with van der Waals surface area (Å²) in [5.41, 5.74) is 6.44. The fourth-order valence-corrected chi connectivity index (χ4v) is 2.84. The first-order valence-corrected chi connectivity index (χ1v) is 7.56. The van der Waals surface area contributed by atoms with Crippen LogP contribution >= 0.6 is 0 Å². The van der Waals surface area contributed by atoms with Gasteiger partial charge in [0.2, 0.25) is 0 Å². The lowest BCUT2D eigenvalue weighted by molar-refractivity contribution is 0.181. The highest BCUT2D eigenvalue weighted by Gasteiger charge is 2.33. The SMILES string of the molecule is NCC(c1ccc(F)cc1F)N(CC1CC1)CC1CC1. The van der Waals surface area contributed by atoms with Gasteiger partial charge in [-0.15, -0.1) is 0 Å². The van der Waals surface area contributed by atoms with Crippen LogP contribution in [0.1, 0.15) is 37.3 Å². The van der Waals surface area contributed by atoms with E-state index in [0.717, 1.165) is 31.0 Å². The average Bonchev–Trinajstić information content (AvgIpc) is 3.28. The second kappa shape index (κ2) is 5.78. The fourth-order valence-electron chi connectivity index (χ4n) is 2.84. The number of rotatable bonds is 7. The van der Waals surface area contributed by atoms with E-state index < -0.39 is 11.6 Å². The predicted molar refractivity (Wildman–Crippen MR) is 75.2 cm³/mol. The monoisotopic (exact) mass is 280 g/mol. The van der Waals surface area contributed by atoms with Gasteiger partial charge in [-0.2, -0.15) is 0 Å². The lowest BCUT2D eigenvalue weighted by Gasteiger charge is -2.31. The molecule has 1 atom stereocenters. The molecule has 4 heteroatoms. The van der Waals surface area contributed by atoms with Crippen LogP contribution in [0.3, 0.4) is 0 Å². The molecule has 1 unspecified atom stereocenters. The maximum absolute atomic E-state index is 14.0.